The maximum atomic E-state index is 12.0. The van der Waals surface area contributed by atoms with Crippen LogP contribution in [0.1, 0.15) is 6.42 Å². The van der Waals surface area contributed by atoms with Crippen molar-refractivity contribution < 1.29 is 9.53 Å². The van der Waals surface area contributed by atoms with Gasteiger partial charge in [-0.15, -0.1) is 0 Å². The lowest BCUT2D eigenvalue weighted by Gasteiger charge is -2.20. The Hall–Kier alpha value is -1.75. The van der Waals surface area contributed by atoms with Gasteiger partial charge in [0.1, 0.15) is 5.75 Å². The van der Waals surface area contributed by atoms with E-state index in [0.717, 1.165) is 37.5 Å². The molecule has 1 N–H and O–H groups in total. The third-order valence-electron chi connectivity index (χ3n) is 2.90. The first-order valence-corrected chi connectivity index (χ1v) is 6.13. The van der Waals surface area contributed by atoms with Crippen molar-refractivity contribution in [2.45, 2.75) is 6.42 Å². The fourth-order valence-corrected chi connectivity index (χ4v) is 1.87. The van der Waals surface area contributed by atoms with E-state index in [4.69, 9.17) is 4.74 Å². The molecule has 0 aromatic heterocycles. The summed E-state index contributed by atoms with van der Waals surface area (Å²) in [6.45, 7) is 3.05. The molecule has 1 radical (unpaired) electrons. The summed E-state index contributed by atoms with van der Waals surface area (Å²) in [6.07, 6.45) is 0.941. The van der Waals surface area contributed by atoms with E-state index in [9.17, 15) is 4.79 Å². The van der Waals surface area contributed by atoms with Gasteiger partial charge in [0.25, 0.3) is 0 Å². The molecule has 1 aromatic rings. The molecule has 1 aliphatic rings. The van der Waals surface area contributed by atoms with Gasteiger partial charge in [0, 0.05) is 31.9 Å². The lowest BCUT2D eigenvalue weighted by atomic mass is 10.3. The molecule has 5 heteroatoms. The zero-order chi connectivity index (χ0) is 12.8. The fourth-order valence-electron chi connectivity index (χ4n) is 1.87. The third-order valence-corrected chi connectivity index (χ3v) is 2.90. The van der Waals surface area contributed by atoms with Crippen LogP contribution >= 0.6 is 0 Å². The Balaban J connectivity index is 1.92. The predicted octanol–water partition coefficient (Wildman–Crippen LogP) is 1.54. The molecule has 2 rings (SSSR count). The van der Waals surface area contributed by atoms with E-state index in [1.807, 2.05) is 24.3 Å². The first-order chi connectivity index (χ1) is 8.79. The summed E-state index contributed by atoms with van der Waals surface area (Å²) in [5.74, 6) is 0.779. The molecular weight excluding hydrogens is 230 g/mol. The van der Waals surface area contributed by atoms with E-state index in [0.29, 0.717) is 6.54 Å². The van der Waals surface area contributed by atoms with Crippen LogP contribution < -0.4 is 15.4 Å². The van der Waals surface area contributed by atoms with Crippen LogP contribution in [-0.2, 0) is 0 Å². The van der Waals surface area contributed by atoms with Gasteiger partial charge in [-0.1, -0.05) is 0 Å². The Kier molecular flexibility index (Phi) is 4.41. The number of carbonyl (C=O) groups excluding carboxylic acids is 1. The van der Waals surface area contributed by atoms with Gasteiger partial charge in [0.2, 0.25) is 0 Å². The van der Waals surface area contributed by atoms with Crippen molar-refractivity contribution in [2.24, 2.45) is 0 Å². The molecular formula is C13H18N3O2. The number of methoxy groups -OCH3 is 1. The Morgan fingerprint density at radius 3 is 2.78 bits per heavy atom. The Labute approximate surface area is 107 Å². The highest BCUT2D eigenvalue weighted by Gasteiger charge is 2.15. The number of benzene rings is 1. The average molecular weight is 248 g/mol. The monoisotopic (exact) mass is 248 g/mol. The Bertz CT molecular complexity index is 384. The molecule has 1 heterocycles. The van der Waals surface area contributed by atoms with Gasteiger partial charge in [-0.3, -0.25) is 0 Å². The zero-order valence-corrected chi connectivity index (χ0v) is 10.6. The zero-order valence-electron chi connectivity index (χ0n) is 10.6. The molecule has 18 heavy (non-hydrogen) atoms. The van der Waals surface area contributed by atoms with Crippen molar-refractivity contribution in [3.8, 4) is 5.75 Å². The van der Waals surface area contributed by atoms with Crippen LogP contribution in [0, 0.1) is 0 Å². The third kappa shape index (κ3) is 3.37. The molecule has 0 bridgehead atoms. The minimum absolute atomic E-state index is 0.0581. The molecule has 2 amide bonds. The summed E-state index contributed by atoms with van der Waals surface area (Å²) in [4.78, 5) is 13.8. The van der Waals surface area contributed by atoms with Crippen LogP contribution in [0.15, 0.2) is 24.3 Å². The number of ether oxygens (including phenoxy) is 1. The lowest BCUT2D eigenvalue weighted by molar-refractivity contribution is 0.215. The smallest absolute Gasteiger partial charge is 0.321 e. The van der Waals surface area contributed by atoms with Crippen molar-refractivity contribution in [1.29, 1.82) is 0 Å². The van der Waals surface area contributed by atoms with E-state index in [-0.39, 0.29) is 6.03 Å². The molecule has 0 saturated carbocycles. The highest BCUT2D eigenvalue weighted by atomic mass is 16.5. The summed E-state index contributed by atoms with van der Waals surface area (Å²) in [7, 11) is 1.62. The van der Waals surface area contributed by atoms with Crippen molar-refractivity contribution in [3.63, 3.8) is 0 Å². The minimum atomic E-state index is -0.0581. The van der Waals surface area contributed by atoms with Crippen molar-refractivity contribution in [1.82, 2.24) is 10.2 Å². The van der Waals surface area contributed by atoms with Gasteiger partial charge in [-0.2, -0.15) is 0 Å². The van der Waals surface area contributed by atoms with Gasteiger partial charge in [-0.25, -0.2) is 10.1 Å². The first-order valence-electron chi connectivity index (χ1n) is 6.13. The quantitative estimate of drug-likeness (QED) is 0.863. The maximum Gasteiger partial charge on any atom is 0.321 e. The molecule has 0 aliphatic carbocycles. The highest BCUT2D eigenvalue weighted by molar-refractivity contribution is 5.89. The SMILES string of the molecule is COc1ccc(NC(=O)N2CCC[N]CC2)cc1. The second kappa shape index (κ2) is 6.26. The van der Waals surface area contributed by atoms with Gasteiger partial charge >= 0.3 is 6.03 Å². The number of hydrogen-bond donors (Lipinski definition) is 1. The Morgan fingerprint density at radius 1 is 1.28 bits per heavy atom. The van der Waals surface area contributed by atoms with Crippen LogP contribution in [0.5, 0.6) is 5.75 Å². The van der Waals surface area contributed by atoms with Crippen molar-refractivity contribution in [2.75, 3.05) is 38.6 Å². The number of anilines is 1. The average Bonchev–Trinajstić information content (AvgIpc) is 2.68. The van der Waals surface area contributed by atoms with Crippen LogP contribution in [0.25, 0.3) is 0 Å². The molecule has 97 valence electrons. The highest BCUT2D eigenvalue weighted by Crippen LogP contribution is 2.15. The largest absolute Gasteiger partial charge is 0.497 e. The van der Waals surface area contributed by atoms with E-state index < -0.39 is 0 Å². The van der Waals surface area contributed by atoms with Gasteiger partial charge < -0.3 is 15.0 Å². The molecule has 5 nitrogen and oxygen atoms in total. The first kappa shape index (κ1) is 12.7. The summed E-state index contributed by atoms with van der Waals surface area (Å²) in [6, 6.07) is 7.26. The predicted molar refractivity (Wildman–Crippen MR) is 70.1 cm³/mol. The van der Waals surface area contributed by atoms with E-state index >= 15 is 0 Å². The second-order valence-corrected chi connectivity index (χ2v) is 4.17. The molecule has 1 aromatic carbocycles. The maximum absolute atomic E-state index is 12.0. The number of hydrogen-bond acceptors (Lipinski definition) is 2. The molecule has 0 unspecified atom stereocenters. The van der Waals surface area contributed by atoms with E-state index in [2.05, 4.69) is 10.6 Å². The number of carbonyl (C=O) groups is 1. The van der Waals surface area contributed by atoms with Crippen LogP contribution in [0.4, 0.5) is 10.5 Å². The van der Waals surface area contributed by atoms with Gasteiger partial charge in [0.15, 0.2) is 0 Å². The molecule has 0 atom stereocenters. The number of amides is 2. The van der Waals surface area contributed by atoms with Crippen LogP contribution in [0.3, 0.4) is 0 Å². The topological polar surface area (TPSA) is 55.7 Å². The lowest BCUT2D eigenvalue weighted by Crippen LogP contribution is -2.37. The molecule has 1 fully saturated rings. The standard InChI is InChI=1S/C13H18N3O2/c1-18-12-5-3-11(4-6-12)15-13(17)16-9-2-7-14-8-10-16/h3-6H,2,7-10H2,1H3,(H,15,17). The normalized spacial score (nSPS) is 15.9. The molecule has 0 spiro atoms. The van der Waals surface area contributed by atoms with E-state index in [1.54, 1.807) is 12.0 Å². The van der Waals surface area contributed by atoms with Crippen molar-refractivity contribution in [3.05, 3.63) is 24.3 Å². The van der Waals surface area contributed by atoms with Crippen LogP contribution in [-0.4, -0.2) is 44.2 Å². The number of nitrogens with zero attached hydrogens (tertiary/aromatic N) is 2. The second-order valence-electron chi connectivity index (χ2n) is 4.17. The summed E-state index contributed by atoms with van der Waals surface area (Å²) in [5.41, 5.74) is 0.780. The van der Waals surface area contributed by atoms with Crippen LogP contribution in [0.2, 0.25) is 0 Å². The van der Waals surface area contributed by atoms with E-state index in [1.165, 1.54) is 0 Å². The minimum Gasteiger partial charge on any atom is -0.497 e. The van der Waals surface area contributed by atoms with Gasteiger partial charge in [-0.05, 0) is 30.7 Å². The number of rotatable bonds is 2. The molecule has 1 aliphatic heterocycles. The summed E-state index contributed by atoms with van der Waals surface area (Å²) in [5, 5.41) is 7.18. The van der Waals surface area contributed by atoms with Gasteiger partial charge in [0.05, 0.1) is 7.11 Å². The summed E-state index contributed by atoms with van der Waals surface area (Å²) >= 11 is 0. The Morgan fingerprint density at radius 2 is 2.06 bits per heavy atom. The summed E-state index contributed by atoms with van der Waals surface area (Å²) < 4.78 is 5.07. The van der Waals surface area contributed by atoms with Crippen molar-refractivity contribution >= 4 is 11.7 Å². The number of urea groups is 1. The fraction of sp³-hybridized carbons (Fsp3) is 0.462. The number of nitrogens with one attached hydrogen (secondary N) is 1. The molecule has 1 saturated heterocycles.